The third-order valence-corrected chi connectivity index (χ3v) is 3.69. The van der Waals surface area contributed by atoms with Crippen molar-refractivity contribution in [1.29, 1.82) is 0 Å². The minimum Gasteiger partial charge on any atom is -0.495 e. The minimum absolute atomic E-state index is 0.0606. The van der Waals surface area contributed by atoms with Gasteiger partial charge in [-0.15, -0.1) is 11.3 Å². The van der Waals surface area contributed by atoms with E-state index in [1.165, 1.54) is 30.6 Å². The third kappa shape index (κ3) is 2.94. The summed E-state index contributed by atoms with van der Waals surface area (Å²) in [7, 11) is 1.47. The molecule has 0 spiro atoms. The lowest BCUT2D eigenvalue weighted by atomic mass is 10.2. The highest BCUT2D eigenvalue weighted by Gasteiger charge is 2.16. The quantitative estimate of drug-likeness (QED) is 0.852. The van der Waals surface area contributed by atoms with E-state index in [4.69, 9.17) is 22.7 Å². The Morgan fingerprint density at radius 3 is 2.80 bits per heavy atom. The van der Waals surface area contributed by atoms with E-state index in [9.17, 15) is 9.18 Å². The number of hydrogen-bond donors (Lipinski definition) is 2. The number of thiocarbonyl (C=S) groups is 1. The number of halogens is 1. The molecule has 2 aromatic rings. The van der Waals surface area contributed by atoms with E-state index in [1.807, 2.05) is 0 Å². The Hall–Kier alpha value is -1.99. The van der Waals surface area contributed by atoms with Gasteiger partial charge in [0.05, 0.1) is 12.8 Å². The Kier molecular flexibility index (Phi) is 4.31. The average molecular weight is 310 g/mol. The van der Waals surface area contributed by atoms with Gasteiger partial charge in [-0.25, -0.2) is 4.39 Å². The number of benzene rings is 1. The number of thiophene rings is 1. The third-order valence-electron chi connectivity index (χ3n) is 2.56. The zero-order chi connectivity index (χ0) is 14.7. The molecule has 20 heavy (non-hydrogen) atoms. The standard InChI is InChI=1S/C13H11FN2O2S2/c1-18-10-4-5-20-11(10)13(17)16-9-3-2-7(12(15)19)6-8(9)14/h2-6H,1H3,(H2,15,19)(H,16,17). The van der Waals surface area contributed by atoms with Crippen LogP contribution in [0.15, 0.2) is 29.6 Å². The van der Waals surface area contributed by atoms with Gasteiger partial charge in [0.15, 0.2) is 0 Å². The molecule has 1 heterocycles. The number of hydrogen-bond acceptors (Lipinski definition) is 4. The second-order valence-corrected chi connectivity index (χ2v) is 5.19. The maximum absolute atomic E-state index is 13.8. The molecule has 0 atom stereocenters. The van der Waals surface area contributed by atoms with Gasteiger partial charge in [0.25, 0.3) is 5.91 Å². The fourth-order valence-electron chi connectivity index (χ4n) is 1.57. The predicted octanol–water partition coefficient (Wildman–Crippen LogP) is 2.78. The molecule has 7 heteroatoms. The van der Waals surface area contributed by atoms with E-state index < -0.39 is 11.7 Å². The van der Waals surface area contributed by atoms with Crippen LogP contribution in [0.1, 0.15) is 15.2 Å². The van der Waals surface area contributed by atoms with Crippen molar-refractivity contribution in [3.8, 4) is 5.75 Å². The number of rotatable bonds is 4. The molecule has 0 aliphatic rings. The molecule has 104 valence electrons. The lowest BCUT2D eigenvalue weighted by molar-refractivity contribution is 0.102. The van der Waals surface area contributed by atoms with Crippen molar-refractivity contribution in [1.82, 2.24) is 0 Å². The van der Waals surface area contributed by atoms with Crippen LogP contribution in [0.5, 0.6) is 5.75 Å². The van der Waals surface area contributed by atoms with Gasteiger partial charge in [0.2, 0.25) is 0 Å². The Morgan fingerprint density at radius 1 is 1.45 bits per heavy atom. The van der Waals surface area contributed by atoms with Gasteiger partial charge in [-0.1, -0.05) is 12.2 Å². The molecule has 0 saturated heterocycles. The van der Waals surface area contributed by atoms with E-state index in [0.717, 1.165) is 0 Å². The normalized spacial score (nSPS) is 10.1. The molecule has 4 nitrogen and oxygen atoms in total. The molecule has 0 fully saturated rings. The van der Waals surface area contributed by atoms with Crippen molar-refractivity contribution in [3.05, 3.63) is 45.9 Å². The van der Waals surface area contributed by atoms with Crippen LogP contribution in [0.2, 0.25) is 0 Å². The van der Waals surface area contributed by atoms with Crippen LogP contribution >= 0.6 is 23.6 Å². The number of nitrogens with one attached hydrogen (secondary N) is 1. The Labute approximate surface area is 124 Å². The molecular formula is C13H11FN2O2S2. The van der Waals surface area contributed by atoms with Gasteiger partial charge in [-0.2, -0.15) is 0 Å². The molecule has 0 bridgehead atoms. The van der Waals surface area contributed by atoms with Crippen LogP contribution in [0.3, 0.4) is 0 Å². The van der Waals surface area contributed by atoms with E-state index in [0.29, 0.717) is 16.2 Å². The minimum atomic E-state index is -0.598. The van der Waals surface area contributed by atoms with Crippen LogP contribution in [-0.4, -0.2) is 18.0 Å². The summed E-state index contributed by atoms with van der Waals surface area (Å²) in [6.45, 7) is 0. The van der Waals surface area contributed by atoms with E-state index >= 15 is 0 Å². The maximum Gasteiger partial charge on any atom is 0.269 e. The van der Waals surface area contributed by atoms with Crippen molar-refractivity contribution in [3.63, 3.8) is 0 Å². The lowest BCUT2D eigenvalue weighted by Crippen LogP contribution is -2.14. The molecule has 1 amide bonds. The molecule has 3 N–H and O–H groups in total. The molecule has 0 aliphatic heterocycles. The van der Waals surface area contributed by atoms with Crippen LogP contribution in [-0.2, 0) is 0 Å². The summed E-state index contributed by atoms with van der Waals surface area (Å²) in [6, 6.07) is 5.82. The van der Waals surface area contributed by atoms with Gasteiger partial charge in [-0.05, 0) is 29.6 Å². The molecule has 0 aliphatic carbocycles. The molecule has 1 aromatic carbocycles. The summed E-state index contributed by atoms with van der Waals surface area (Å²) in [6.07, 6.45) is 0. The van der Waals surface area contributed by atoms with Crippen molar-refractivity contribution < 1.29 is 13.9 Å². The first kappa shape index (κ1) is 14.4. The SMILES string of the molecule is COc1ccsc1C(=O)Nc1ccc(C(N)=S)cc1F. The van der Waals surface area contributed by atoms with Crippen molar-refractivity contribution in [2.75, 3.05) is 12.4 Å². The maximum atomic E-state index is 13.8. The fraction of sp³-hybridized carbons (Fsp3) is 0.0769. The Balaban J connectivity index is 2.22. The zero-order valence-electron chi connectivity index (χ0n) is 10.5. The van der Waals surface area contributed by atoms with Crippen LogP contribution in [0.25, 0.3) is 0 Å². The lowest BCUT2D eigenvalue weighted by Gasteiger charge is -2.08. The number of anilines is 1. The van der Waals surface area contributed by atoms with Crippen molar-refractivity contribution in [2.24, 2.45) is 5.73 Å². The van der Waals surface area contributed by atoms with Crippen LogP contribution in [0, 0.1) is 5.82 Å². The van der Waals surface area contributed by atoms with E-state index in [-0.39, 0.29) is 10.7 Å². The number of amides is 1. The zero-order valence-corrected chi connectivity index (χ0v) is 12.1. The van der Waals surface area contributed by atoms with E-state index in [2.05, 4.69) is 5.32 Å². The van der Waals surface area contributed by atoms with Gasteiger partial charge in [0.1, 0.15) is 21.4 Å². The first-order chi connectivity index (χ1) is 9.52. The highest BCUT2D eigenvalue weighted by atomic mass is 32.1. The number of carbonyl (C=O) groups is 1. The summed E-state index contributed by atoms with van der Waals surface area (Å²) in [4.78, 5) is 12.5. The van der Waals surface area contributed by atoms with Crippen LogP contribution < -0.4 is 15.8 Å². The van der Waals surface area contributed by atoms with Gasteiger partial charge >= 0.3 is 0 Å². The molecule has 0 unspecified atom stereocenters. The van der Waals surface area contributed by atoms with Crippen molar-refractivity contribution in [2.45, 2.75) is 0 Å². The number of carbonyl (C=O) groups excluding carboxylic acids is 1. The predicted molar refractivity (Wildman–Crippen MR) is 81.1 cm³/mol. The number of ether oxygens (including phenoxy) is 1. The van der Waals surface area contributed by atoms with Gasteiger partial charge in [-0.3, -0.25) is 4.79 Å². The molecule has 0 radical (unpaired) electrons. The summed E-state index contributed by atoms with van der Waals surface area (Å²) < 4.78 is 18.9. The molecule has 1 aromatic heterocycles. The average Bonchev–Trinajstić information content (AvgIpc) is 2.89. The van der Waals surface area contributed by atoms with Gasteiger partial charge < -0.3 is 15.8 Å². The van der Waals surface area contributed by atoms with Crippen molar-refractivity contribution >= 4 is 40.1 Å². The summed E-state index contributed by atoms with van der Waals surface area (Å²) >= 11 is 5.97. The van der Waals surface area contributed by atoms with Crippen LogP contribution in [0.4, 0.5) is 10.1 Å². The number of methoxy groups -OCH3 is 1. The van der Waals surface area contributed by atoms with Gasteiger partial charge in [0, 0.05) is 5.56 Å². The highest BCUT2D eigenvalue weighted by molar-refractivity contribution is 7.80. The second-order valence-electron chi connectivity index (χ2n) is 3.83. The number of nitrogens with two attached hydrogens (primary N) is 1. The molecular weight excluding hydrogens is 299 g/mol. The first-order valence-corrected chi connectivity index (χ1v) is 6.84. The fourth-order valence-corrected chi connectivity index (χ4v) is 2.45. The monoisotopic (exact) mass is 310 g/mol. The summed E-state index contributed by atoms with van der Waals surface area (Å²) in [5.74, 6) is -0.578. The van der Waals surface area contributed by atoms with E-state index in [1.54, 1.807) is 17.5 Å². The Bertz CT molecular complexity index is 670. The second kappa shape index (κ2) is 5.98. The molecule has 2 rings (SSSR count). The highest BCUT2D eigenvalue weighted by Crippen LogP contribution is 2.26. The smallest absolute Gasteiger partial charge is 0.269 e. The summed E-state index contributed by atoms with van der Waals surface area (Å²) in [5.41, 5.74) is 5.88. The largest absolute Gasteiger partial charge is 0.495 e. The summed E-state index contributed by atoms with van der Waals surface area (Å²) in [5, 5.41) is 4.21. The Morgan fingerprint density at radius 2 is 2.20 bits per heavy atom. The topological polar surface area (TPSA) is 64.3 Å². The first-order valence-electron chi connectivity index (χ1n) is 5.55. The molecule has 0 saturated carbocycles.